The van der Waals surface area contributed by atoms with Gasteiger partial charge >= 0.3 is 0 Å². The van der Waals surface area contributed by atoms with Crippen LogP contribution in [0.3, 0.4) is 0 Å². The minimum atomic E-state index is -0.679. The highest BCUT2D eigenvalue weighted by Crippen LogP contribution is 2.21. The molecule has 2 nitrogen and oxygen atoms in total. The van der Waals surface area contributed by atoms with Gasteiger partial charge in [-0.2, -0.15) is 0 Å². The van der Waals surface area contributed by atoms with Gasteiger partial charge in [0.05, 0.1) is 4.88 Å². The summed E-state index contributed by atoms with van der Waals surface area (Å²) in [6.45, 7) is -0.0404. The van der Waals surface area contributed by atoms with Crippen LogP contribution in [0.25, 0.3) is 0 Å². The Hall–Kier alpha value is -1.90. The van der Waals surface area contributed by atoms with Crippen LogP contribution in [0, 0.1) is 23.5 Å². The molecular formula is C14H10F2O2S. The maximum atomic E-state index is 13.0. The van der Waals surface area contributed by atoms with Crippen LogP contribution in [-0.2, 0) is 6.61 Å². The van der Waals surface area contributed by atoms with Gasteiger partial charge in [-0.15, -0.1) is 11.3 Å². The molecule has 0 unspecified atom stereocenters. The summed E-state index contributed by atoms with van der Waals surface area (Å²) in [5, 5.41) is 10.5. The van der Waals surface area contributed by atoms with Crippen molar-refractivity contribution in [1.82, 2.24) is 0 Å². The van der Waals surface area contributed by atoms with E-state index in [0.717, 1.165) is 28.6 Å². The number of ether oxygens (including phenoxy) is 1. The monoisotopic (exact) mass is 280 g/mol. The highest BCUT2D eigenvalue weighted by atomic mass is 32.1. The second-order valence-corrected chi connectivity index (χ2v) is 4.61. The fraction of sp³-hybridized carbons (Fsp3) is 0.143. The second kappa shape index (κ2) is 6.32. The zero-order chi connectivity index (χ0) is 13.7. The summed E-state index contributed by atoms with van der Waals surface area (Å²) in [6.07, 6.45) is 0. The minimum absolute atomic E-state index is 0.131. The lowest BCUT2D eigenvalue weighted by Gasteiger charge is -2.05. The predicted molar refractivity (Wildman–Crippen MR) is 69.0 cm³/mol. The molecule has 0 saturated heterocycles. The molecule has 19 heavy (non-hydrogen) atoms. The number of rotatable bonds is 3. The molecule has 0 amide bonds. The fourth-order valence-corrected chi connectivity index (χ4v) is 2.20. The molecule has 1 N–H and O–H groups in total. The summed E-state index contributed by atoms with van der Waals surface area (Å²) >= 11 is 1.43. The third-order valence-corrected chi connectivity index (χ3v) is 3.15. The Labute approximate surface area is 113 Å². The Kier molecular flexibility index (Phi) is 4.50. The normalized spacial score (nSPS) is 9.84. The summed E-state index contributed by atoms with van der Waals surface area (Å²) < 4.78 is 31.3. The van der Waals surface area contributed by atoms with Gasteiger partial charge in [-0.05, 0) is 11.4 Å². The Morgan fingerprint density at radius 3 is 2.63 bits per heavy atom. The van der Waals surface area contributed by atoms with Crippen LogP contribution in [-0.4, -0.2) is 11.7 Å². The van der Waals surface area contributed by atoms with Crippen LogP contribution in [0.15, 0.2) is 29.6 Å². The van der Waals surface area contributed by atoms with Crippen molar-refractivity contribution in [3.8, 4) is 17.6 Å². The quantitative estimate of drug-likeness (QED) is 0.876. The van der Waals surface area contributed by atoms with E-state index in [1.54, 1.807) is 6.07 Å². The van der Waals surface area contributed by atoms with Crippen molar-refractivity contribution >= 4 is 11.3 Å². The van der Waals surface area contributed by atoms with Gasteiger partial charge in [-0.25, -0.2) is 8.78 Å². The maximum Gasteiger partial charge on any atom is 0.129 e. The fourth-order valence-electron chi connectivity index (χ4n) is 1.46. The van der Waals surface area contributed by atoms with Crippen molar-refractivity contribution in [3.63, 3.8) is 0 Å². The Balaban J connectivity index is 2.08. The molecule has 1 aromatic heterocycles. The second-order valence-electron chi connectivity index (χ2n) is 3.61. The lowest BCUT2D eigenvalue weighted by Crippen LogP contribution is -1.96. The highest BCUT2D eigenvalue weighted by molar-refractivity contribution is 7.10. The minimum Gasteiger partial charge on any atom is -0.488 e. The highest BCUT2D eigenvalue weighted by Gasteiger charge is 2.05. The molecule has 0 bridgehead atoms. The standard InChI is InChI=1S/C14H10F2O2S/c15-11-6-12(16)8-13(7-11)18-9-14-10(2-1-4-17)3-5-19-14/h3,5-8,17H,4,9H2. The van der Waals surface area contributed by atoms with E-state index in [1.165, 1.54) is 11.3 Å². The Morgan fingerprint density at radius 2 is 1.95 bits per heavy atom. The van der Waals surface area contributed by atoms with Crippen LogP contribution < -0.4 is 4.74 Å². The molecule has 1 heterocycles. The lowest BCUT2D eigenvalue weighted by molar-refractivity contribution is 0.306. The zero-order valence-corrected chi connectivity index (χ0v) is 10.6. The smallest absolute Gasteiger partial charge is 0.129 e. The van der Waals surface area contributed by atoms with E-state index in [4.69, 9.17) is 9.84 Å². The van der Waals surface area contributed by atoms with Crippen LogP contribution in [0.5, 0.6) is 5.75 Å². The first-order chi connectivity index (χ1) is 9.19. The summed E-state index contributed by atoms with van der Waals surface area (Å²) in [5.74, 6) is 4.10. The van der Waals surface area contributed by atoms with Crippen LogP contribution in [0.2, 0.25) is 0 Å². The van der Waals surface area contributed by atoms with E-state index >= 15 is 0 Å². The van der Waals surface area contributed by atoms with Crippen molar-refractivity contribution < 1.29 is 18.6 Å². The molecular weight excluding hydrogens is 270 g/mol. The SMILES string of the molecule is OCC#Cc1ccsc1COc1cc(F)cc(F)c1. The van der Waals surface area contributed by atoms with Gasteiger partial charge < -0.3 is 9.84 Å². The average molecular weight is 280 g/mol. The first-order valence-corrected chi connectivity index (χ1v) is 6.32. The number of aliphatic hydroxyl groups excluding tert-OH is 1. The Morgan fingerprint density at radius 1 is 1.21 bits per heavy atom. The Bertz CT molecular complexity index is 606. The first kappa shape index (κ1) is 13.5. The maximum absolute atomic E-state index is 13.0. The molecule has 0 aliphatic carbocycles. The molecule has 0 aliphatic heterocycles. The number of halogens is 2. The van der Waals surface area contributed by atoms with E-state index in [1.807, 2.05) is 5.38 Å². The van der Waals surface area contributed by atoms with Crippen LogP contribution >= 0.6 is 11.3 Å². The zero-order valence-electron chi connectivity index (χ0n) is 9.82. The molecule has 2 aromatic rings. The molecule has 0 radical (unpaired) electrons. The lowest BCUT2D eigenvalue weighted by atomic mass is 10.2. The molecule has 0 aliphatic rings. The van der Waals surface area contributed by atoms with E-state index in [9.17, 15) is 8.78 Å². The molecule has 0 atom stereocenters. The van der Waals surface area contributed by atoms with Gasteiger partial charge in [-0.1, -0.05) is 11.8 Å². The average Bonchev–Trinajstić information content (AvgIpc) is 2.80. The topological polar surface area (TPSA) is 29.5 Å². The van der Waals surface area contributed by atoms with Gasteiger partial charge in [0.2, 0.25) is 0 Å². The van der Waals surface area contributed by atoms with E-state index in [0.29, 0.717) is 0 Å². The molecule has 2 rings (SSSR count). The van der Waals surface area contributed by atoms with E-state index in [-0.39, 0.29) is 19.0 Å². The van der Waals surface area contributed by atoms with Gasteiger partial charge in [-0.3, -0.25) is 0 Å². The summed E-state index contributed by atoms with van der Waals surface area (Å²) in [6, 6.07) is 4.83. The number of aliphatic hydroxyl groups is 1. The van der Waals surface area contributed by atoms with Crippen molar-refractivity contribution in [2.24, 2.45) is 0 Å². The van der Waals surface area contributed by atoms with Crippen LogP contribution in [0.4, 0.5) is 8.78 Å². The number of hydrogen-bond acceptors (Lipinski definition) is 3. The van der Waals surface area contributed by atoms with Gasteiger partial charge in [0.1, 0.15) is 30.6 Å². The van der Waals surface area contributed by atoms with Crippen molar-refractivity contribution in [1.29, 1.82) is 0 Å². The predicted octanol–water partition coefficient (Wildman–Crippen LogP) is 2.95. The third-order valence-electron chi connectivity index (χ3n) is 2.25. The van der Waals surface area contributed by atoms with Gasteiger partial charge in [0, 0.05) is 23.8 Å². The summed E-state index contributed by atoms with van der Waals surface area (Å²) in [7, 11) is 0. The van der Waals surface area contributed by atoms with Crippen molar-refractivity contribution in [2.75, 3.05) is 6.61 Å². The first-order valence-electron chi connectivity index (χ1n) is 5.44. The van der Waals surface area contributed by atoms with Crippen molar-refractivity contribution in [3.05, 3.63) is 51.7 Å². The molecule has 0 fully saturated rings. The third kappa shape index (κ3) is 3.78. The molecule has 0 spiro atoms. The number of thiophene rings is 1. The molecule has 1 aromatic carbocycles. The van der Waals surface area contributed by atoms with Crippen LogP contribution in [0.1, 0.15) is 10.4 Å². The summed E-state index contributed by atoms with van der Waals surface area (Å²) in [4.78, 5) is 0.839. The van der Waals surface area contributed by atoms with E-state index in [2.05, 4.69) is 11.8 Å². The largest absolute Gasteiger partial charge is 0.488 e. The summed E-state index contributed by atoms with van der Waals surface area (Å²) in [5.41, 5.74) is 0.746. The molecule has 5 heteroatoms. The number of hydrogen-bond donors (Lipinski definition) is 1. The van der Waals surface area contributed by atoms with Gasteiger partial charge in [0.15, 0.2) is 0 Å². The molecule has 98 valence electrons. The molecule has 0 saturated carbocycles. The van der Waals surface area contributed by atoms with Gasteiger partial charge in [0.25, 0.3) is 0 Å². The number of benzene rings is 1. The van der Waals surface area contributed by atoms with E-state index < -0.39 is 11.6 Å². The van der Waals surface area contributed by atoms with Crippen molar-refractivity contribution in [2.45, 2.75) is 6.61 Å².